The van der Waals surface area contributed by atoms with E-state index in [2.05, 4.69) is 44.1 Å². The fourth-order valence-corrected chi connectivity index (χ4v) is 1.48. The fourth-order valence-electron chi connectivity index (χ4n) is 1.17. The molecule has 0 aromatic rings. The molecule has 0 fully saturated rings. The summed E-state index contributed by atoms with van der Waals surface area (Å²) in [7, 11) is 0. The van der Waals surface area contributed by atoms with Gasteiger partial charge in [0.25, 0.3) is 10.3 Å². The average molecular weight is 290 g/mol. The maximum Gasteiger partial charge on any atom is 0.289 e. The van der Waals surface area contributed by atoms with E-state index in [1.54, 1.807) is 0 Å². The Morgan fingerprint density at radius 1 is 0.833 bits per heavy atom. The topological polar surface area (TPSA) is 67.2 Å². The third-order valence-corrected chi connectivity index (χ3v) is 2.37. The van der Waals surface area contributed by atoms with Crippen molar-refractivity contribution in [1.29, 1.82) is 0 Å². The predicted octanol–water partition coefficient (Wildman–Crippen LogP) is 1.56. The van der Waals surface area contributed by atoms with Crippen LogP contribution in [0.2, 0.25) is 0 Å². The van der Waals surface area contributed by atoms with Gasteiger partial charge in [0, 0.05) is 26.5 Å². The molecule has 0 aromatic carbocycles. The molecule has 0 atom stereocenters. The van der Waals surface area contributed by atoms with E-state index in [-0.39, 0.29) is 10.3 Å². The Morgan fingerprint density at radius 3 is 1.56 bits per heavy atom. The zero-order valence-corrected chi connectivity index (χ0v) is 11.8. The Kier molecular flexibility index (Phi) is 11.3. The summed E-state index contributed by atoms with van der Waals surface area (Å²) in [5, 5.41) is 12.7. The molecule has 0 aliphatic carbocycles. The number of nitrogens with one attached hydrogen (secondary N) is 2. The molecule has 0 radical (unpaired) electrons. The average Bonchev–Trinajstić information content (AvgIpc) is 2.33. The van der Waals surface area contributed by atoms with Crippen molar-refractivity contribution in [2.24, 2.45) is 10.3 Å². The second-order valence-corrected chi connectivity index (χ2v) is 4.03. The molecule has 0 saturated carbocycles. The van der Waals surface area contributed by atoms with Crippen LogP contribution in [0, 0.1) is 0 Å². The summed E-state index contributed by atoms with van der Waals surface area (Å²) in [6.45, 7) is 7.87. The maximum absolute atomic E-state index is 4.81. The largest absolute Gasteiger partial charge is 0.345 e. The highest BCUT2D eigenvalue weighted by atomic mass is 32.1. The van der Waals surface area contributed by atoms with Crippen LogP contribution >= 0.6 is 24.4 Å². The Labute approximate surface area is 118 Å². The molecule has 18 heavy (non-hydrogen) atoms. The molecule has 0 aliphatic rings. The lowest BCUT2D eigenvalue weighted by Gasteiger charge is -2.06. The van der Waals surface area contributed by atoms with Gasteiger partial charge in [-0.2, -0.15) is 0 Å². The molecule has 0 unspecified atom stereocenters. The third kappa shape index (κ3) is 11.2. The van der Waals surface area contributed by atoms with E-state index in [1.807, 2.05) is 0 Å². The molecular weight excluding hydrogens is 272 g/mol. The van der Waals surface area contributed by atoms with Crippen molar-refractivity contribution in [2.75, 3.05) is 13.1 Å². The molecule has 2 N–H and O–H groups in total. The van der Waals surface area contributed by atoms with Crippen molar-refractivity contribution in [3.8, 4) is 0 Å². The third-order valence-electron chi connectivity index (χ3n) is 1.94. The van der Waals surface area contributed by atoms with Crippen LogP contribution in [0.15, 0.2) is 10.3 Å². The monoisotopic (exact) mass is 290 g/mol. The van der Waals surface area contributed by atoms with E-state index in [1.165, 1.54) is 0 Å². The highest BCUT2D eigenvalue weighted by Crippen LogP contribution is 1.98. The number of nitrogens with zero attached hydrogens (tertiary/aromatic N) is 2. The summed E-state index contributed by atoms with van der Waals surface area (Å²) in [4.78, 5) is 9.24. The Balaban J connectivity index is 3.21. The predicted molar refractivity (Wildman–Crippen MR) is 80.9 cm³/mol. The Hall–Kier alpha value is -1.28. The highest BCUT2D eigenvalue weighted by Gasteiger charge is 1.96. The minimum atomic E-state index is 0.256. The van der Waals surface area contributed by atoms with Crippen molar-refractivity contribution in [1.82, 2.24) is 10.6 Å². The molecule has 0 bridgehead atoms. The lowest BCUT2D eigenvalue weighted by Crippen LogP contribution is -2.24. The molecule has 102 valence electrons. The van der Waals surface area contributed by atoms with Crippen LogP contribution in [-0.4, -0.2) is 36.9 Å². The van der Waals surface area contributed by atoms with E-state index in [4.69, 9.17) is 24.4 Å². The van der Waals surface area contributed by atoms with Gasteiger partial charge in [-0.05, 0) is 37.3 Å². The first-order chi connectivity index (χ1) is 8.70. The van der Waals surface area contributed by atoms with Crippen molar-refractivity contribution < 1.29 is 9.68 Å². The number of thiocarbonyl (C=S) groups is 2. The minimum absolute atomic E-state index is 0.256. The van der Waals surface area contributed by atoms with Gasteiger partial charge in [-0.15, -0.1) is 0 Å². The second kappa shape index (κ2) is 12.2. The molecule has 0 saturated heterocycles. The molecule has 6 nitrogen and oxygen atoms in total. The molecule has 0 amide bonds. The Bertz CT molecular complexity index is 259. The SMILES string of the molecule is C=NOC(=S)NCCCCCCNC(=S)ON=C. The van der Waals surface area contributed by atoms with Gasteiger partial charge in [0.1, 0.15) is 0 Å². The first kappa shape index (κ1) is 16.7. The van der Waals surface area contributed by atoms with E-state index in [9.17, 15) is 0 Å². The van der Waals surface area contributed by atoms with Gasteiger partial charge in [-0.25, -0.2) is 0 Å². The smallest absolute Gasteiger partial charge is 0.289 e. The molecule has 8 heteroatoms. The number of unbranched alkanes of at least 4 members (excludes halogenated alkanes) is 3. The van der Waals surface area contributed by atoms with Crippen LogP contribution in [0.1, 0.15) is 25.7 Å². The van der Waals surface area contributed by atoms with Gasteiger partial charge in [0.15, 0.2) is 0 Å². The summed E-state index contributed by atoms with van der Waals surface area (Å²) in [5.41, 5.74) is 0. The van der Waals surface area contributed by atoms with Crippen LogP contribution in [0.5, 0.6) is 0 Å². The first-order valence-corrected chi connectivity index (χ1v) is 6.34. The van der Waals surface area contributed by atoms with Crippen LogP contribution in [0.25, 0.3) is 0 Å². The summed E-state index contributed by atoms with van der Waals surface area (Å²) in [5.74, 6) is 0. The molecular formula is C10H18N4O2S2. The number of oxime groups is 2. The van der Waals surface area contributed by atoms with Crippen LogP contribution < -0.4 is 10.6 Å². The van der Waals surface area contributed by atoms with Gasteiger partial charge in [0.05, 0.1) is 0 Å². The van der Waals surface area contributed by atoms with E-state index < -0.39 is 0 Å². The Morgan fingerprint density at radius 2 is 1.22 bits per heavy atom. The van der Waals surface area contributed by atoms with Gasteiger partial charge < -0.3 is 20.3 Å². The first-order valence-electron chi connectivity index (χ1n) is 5.52. The van der Waals surface area contributed by atoms with E-state index >= 15 is 0 Å². The van der Waals surface area contributed by atoms with Crippen molar-refractivity contribution in [3.05, 3.63) is 0 Å². The fraction of sp³-hybridized carbons (Fsp3) is 0.600. The van der Waals surface area contributed by atoms with Gasteiger partial charge in [-0.1, -0.05) is 23.2 Å². The maximum atomic E-state index is 4.81. The molecule has 0 spiro atoms. The van der Waals surface area contributed by atoms with Crippen LogP contribution in [0.3, 0.4) is 0 Å². The number of rotatable bonds is 9. The summed E-state index contributed by atoms with van der Waals surface area (Å²) < 4.78 is 0. The van der Waals surface area contributed by atoms with Gasteiger partial charge in [-0.3, -0.25) is 0 Å². The molecule has 0 heterocycles. The lowest BCUT2D eigenvalue weighted by molar-refractivity contribution is 0.323. The second-order valence-electron chi connectivity index (χ2n) is 3.28. The van der Waals surface area contributed by atoms with Gasteiger partial charge >= 0.3 is 0 Å². The van der Waals surface area contributed by atoms with Crippen LogP contribution in [-0.2, 0) is 9.68 Å². The summed E-state index contributed by atoms with van der Waals surface area (Å²) in [6, 6.07) is 0. The standard InChI is InChI=1S/C10H18N4O2S2/c1-11-15-9(17)13-7-5-3-4-6-8-14-10(18)16-12-2/h1-8H2,(H,13,17)(H,14,18). The number of hydrogen-bond acceptors (Lipinski definition) is 6. The summed E-state index contributed by atoms with van der Waals surface area (Å²) in [6.07, 6.45) is 4.20. The molecule has 0 aromatic heterocycles. The zero-order valence-electron chi connectivity index (χ0n) is 10.2. The van der Waals surface area contributed by atoms with Gasteiger partial charge in [0.2, 0.25) is 0 Å². The molecule has 0 rings (SSSR count). The highest BCUT2D eigenvalue weighted by molar-refractivity contribution is 7.80. The quantitative estimate of drug-likeness (QED) is 0.291. The normalized spacial score (nSPS) is 9.11. The van der Waals surface area contributed by atoms with Crippen molar-refractivity contribution in [2.45, 2.75) is 25.7 Å². The van der Waals surface area contributed by atoms with Crippen molar-refractivity contribution >= 4 is 48.2 Å². The van der Waals surface area contributed by atoms with Crippen molar-refractivity contribution in [3.63, 3.8) is 0 Å². The molecule has 0 aliphatic heterocycles. The lowest BCUT2D eigenvalue weighted by atomic mass is 10.2. The van der Waals surface area contributed by atoms with E-state index in [0.717, 1.165) is 38.8 Å². The minimum Gasteiger partial charge on any atom is -0.345 e. The number of hydrogen-bond donors (Lipinski definition) is 2. The van der Waals surface area contributed by atoms with Crippen LogP contribution in [0.4, 0.5) is 0 Å². The summed E-state index contributed by atoms with van der Waals surface area (Å²) >= 11 is 9.61. The van der Waals surface area contributed by atoms with E-state index in [0.29, 0.717) is 0 Å². The zero-order chi connectivity index (χ0) is 13.6.